The number of hydroxylamine groups is 1. The Balaban J connectivity index is 4.31. The number of amidine groups is 1. The molecule has 0 saturated carbocycles. The van der Waals surface area contributed by atoms with Crippen LogP contribution in [0.4, 0.5) is 0 Å². The summed E-state index contributed by atoms with van der Waals surface area (Å²) in [7, 11) is 3.16. The number of ether oxygens (including phenoxy) is 1. The number of halogens is 1. The topological polar surface area (TPSA) is 46.4 Å². The van der Waals surface area contributed by atoms with Gasteiger partial charge in [0.1, 0.15) is 12.4 Å². The van der Waals surface area contributed by atoms with Crippen LogP contribution in [-0.2, 0) is 9.57 Å². The molecule has 6 heteroatoms. The summed E-state index contributed by atoms with van der Waals surface area (Å²) in [6.07, 6.45) is 0. The molecular formula is C8H14ClN3O2. The van der Waals surface area contributed by atoms with Crippen LogP contribution in [0.15, 0.2) is 22.4 Å². The Hall–Kier alpha value is -1.07. The van der Waals surface area contributed by atoms with Crippen molar-refractivity contribution in [1.82, 2.24) is 5.17 Å². The summed E-state index contributed by atoms with van der Waals surface area (Å²) >= 11 is 5.32. The average Bonchev–Trinajstić information content (AvgIpc) is 2.03. The van der Waals surface area contributed by atoms with Gasteiger partial charge in [0.15, 0.2) is 5.84 Å². The van der Waals surface area contributed by atoms with Gasteiger partial charge in [0, 0.05) is 7.11 Å². The Kier molecular flexibility index (Phi) is 6.78. The van der Waals surface area contributed by atoms with E-state index in [2.05, 4.69) is 16.7 Å². The molecule has 0 aliphatic carbocycles. The molecule has 0 atom stereocenters. The highest BCUT2D eigenvalue weighted by molar-refractivity contribution is 6.57. The molecule has 0 radical (unpaired) electrons. The number of allylic oxidation sites excluding steroid dienone is 1. The van der Waals surface area contributed by atoms with Crippen molar-refractivity contribution in [3.8, 4) is 0 Å². The lowest BCUT2D eigenvalue weighted by atomic mass is 10.6. The summed E-state index contributed by atoms with van der Waals surface area (Å²) in [6, 6.07) is 0. The average molecular weight is 220 g/mol. The number of hydrogen-bond acceptors (Lipinski definition) is 4. The minimum Gasteiger partial charge on any atom is -0.377 e. The maximum Gasteiger partial charge on any atom is 0.178 e. The van der Waals surface area contributed by atoms with Crippen molar-refractivity contribution in [1.29, 1.82) is 0 Å². The number of aliphatic imine (C=N–C) groups is 1. The minimum atomic E-state index is 0.257. The highest BCUT2D eigenvalue weighted by Gasteiger charge is 1.99. The fourth-order valence-corrected chi connectivity index (χ4v) is 0.799. The second-order valence-corrected chi connectivity index (χ2v) is 2.63. The van der Waals surface area contributed by atoms with E-state index < -0.39 is 0 Å². The fourth-order valence-electron chi connectivity index (χ4n) is 0.686. The van der Waals surface area contributed by atoms with E-state index >= 15 is 0 Å². The van der Waals surface area contributed by atoms with Crippen LogP contribution in [0, 0.1) is 0 Å². The summed E-state index contributed by atoms with van der Waals surface area (Å²) in [6.45, 7) is 5.54. The lowest BCUT2D eigenvalue weighted by Crippen LogP contribution is -2.15. The second kappa shape index (κ2) is 7.34. The molecule has 0 aromatic carbocycles. The highest BCUT2D eigenvalue weighted by Crippen LogP contribution is 1.97. The van der Waals surface area contributed by atoms with Crippen molar-refractivity contribution in [2.45, 2.75) is 6.92 Å². The molecule has 0 bridgehead atoms. The molecule has 14 heavy (non-hydrogen) atoms. The molecule has 0 saturated heterocycles. The lowest BCUT2D eigenvalue weighted by Gasteiger charge is -2.13. The quantitative estimate of drug-likeness (QED) is 0.306. The molecule has 0 aromatic rings. The van der Waals surface area contributed by atoms with Gasteiger partial charge in [-0.25, -0.2) is 4.99 Å². The van der Waals surface area contributed by atoms with Gasteiger partial charge in [-0.1, -0.05) is 18.2 Å². The van der Waals surface area contributed by atoms with Gasteiger partial charge >= 0.3 is 0 Å². The first-order valence-electron chi connectivity index (χ1n) is 3.86. The maximum absolute atomic E-state index is 5.32. The molecule has 0 aliphatic heterocycles. The Bertz CT molecular complexity index is 241. The van der Waals surface area contributed by atoms with Crippen LogP contribution in [0.2, 0.25) is 0 Å². The summed E-state index contributed by atoms with van der Waals surface area (Å²) in [5, 5.41) is 5.19. The minimum absolute atomic E-state index is 0.257. The van der Waals surface area contributed by atoms with E-state index in [1.54, 1.807) is 21.1 Å². The van der Waals surface area contributed by atoms with Crippen LogP contribution in [-0.4, -0.2) is 37.4 Å². The smallest absolute Gasteiger partial charge is 0.178 e. The lowest BCUT2D eigenvalue weighted by molar-refractivity contribution is -0.0948. The molecule has 0 fully saturated rings. The van der Waals surface area contributed by atoms with Crippen LogP contribution in [0.25, 0.3) is 0 Å². The zero-order valence-corrected chi connectivity index (χ0v) is 9.28. The third-order valence-corrected chi connectivity index (χ3v) is 1.11. The predicted molar refractivity (Wildman–Crippen MR) is 57.3 cm³/mol. The molecule has 0 aromatic heterocycles. The second-order valence-electron chi connectivity index (χ2n) is 2.43. The first-order valence-corrected chi connectivity index (χ1v) is 4.30. The standard InChI is InChI=1S/C8H14ClN3O2/c1-7(2)14-12(3)11-8(5-13-4)10-6-9/h6H,1,5H2,2-4H3/b10-6+,11-8-. The molecule has 80 valence electrons. The summed E-state index contributed by atoms with van der Waals surface area (Å²) < 4.78 is 4.85. The van der Waals surface area contributed by atoms with E-state index in [4.69, 9.17) is 21.2 Å². The van der Waals surface area contributed by atoms with Gasteiger partial charge in [0.25, 0.3) is 0 Å². The van der Waals surface area contributed by atoms with Crippen LogP contribution >= 0.6 is 11.6 Å². The highest BCUT2D eigenvalue weighted by atomic mass is 35.5. The van der Waals surface area contributed by atoms with Gasteiger partial charge in [-0.05, 0) is 6.92 Å². The monoisotopic (exact) mass is 219 g/mol. The maximum atomic E-state index is 5.32. The van der Waals surface area contributed by atoms with Crippen molar-refractivity contribution in [2.75, 3.05) is 20.8 Å². The van der Waals surface area contributed by atoms with Gasteiger partial charge in [-0.15, -0.1) is 10.3 Å². The first kappa shape index (κ1) is 12.9. The van der Waals surface area contributed by atoms with Gasteiger partial charge in [0.05, 0.1) is 12.7 Å². The molecule has 0 heterocycles. The van der Waals surface area contributed by atoms with Gasteiger partial charge < -0.3 is 9.57 Å². The number of nitrogens with zero attached hydrogens (tertiary/aromatic N) is 3. The van der Waals surface area contributed by atoms with Gasteiger partial charge in [0.2, 0.25) is 0 Å². The normalized spacial score (nSPS) is 11.9. The Morgan fingerprint density at radius 1 is 1.64 bits per heavy atom. The fraction of sp³-hybridized carbons (Fsp3) is 0.500. The van der Waals surface area contributed by atoms with E-state index in [0.717, 1.165) is 5.67 Å². The van der Waals surface area contributed by atoms with Crippen LogP contribution in [0.3, 0.4) is 0 Å². The van der Waals surface area contributed by atoms with Crippen molar-refractivity contribution in [2.24, 2.45) is 10.1 Å². The molecular weight excluding hydrogens is 206 g/mol. The summed E-state index contributed by atoms with van der Waals surface area (Å²) in [5.41, 5.74) is 1.12. The van der Waals surface area contributed by atoms with Crippen molar-refractivity contribution in [3.05, 3.63) is 12.3 Å². The van der Waals surface area contributed by atoms with Crippen LogP contribution in [0.5, 0.6) is 0 Å². The molecule has 0 aliphatic rings. The van der Waals surface area contributed by atoms with E-state index in [1.807, 2.05) is 0 Å². The van der Waals surface area contributed by atoms with Crippen LogP contribution in [0.1, 0.15) is 6.92 Å². The third kappa shape index (κ3) is 6.45. The largest absolute Gasteiger partial charge is 0.377 e. The van der Waals surface area contributed by atoms with E-state index in [1.165, 1.54) is 5.17 Å². The summed E-state index contributed by atoms with van der Waals surface area (Å²) in [4.78, 5) is 8.83. The number of hydrazone groups is 1. The van der Waals surface area contributed by atoms with E-state index in [-0.39, 0.29) is 6.61 Å². The molecule has 0 rings (SSSR count). The Labute approximate surface area is 88.6 Å². The van der Waals surface area contributed by atoms with Crippen LogP contribution < -0.4 is 0 Å². The Morgan fingerprint density at radius 2 is 2.29 bits per heavy atom. The van der Waals surface area contributed by atoms with Gasteiger partial charge in [-0.2, -0.15) is 0 Å². The van der Waals surface area contributed by atoms with Crippen molar-refractivity contribution >= 4 is 23.1 Å². The van der Waals surface area contributed by atoms with Crippen molar-refractivity contribution in [3.63, 3.8) is 0 Å². The molecule has 0 N–H and O–H groups in total. The SMILES string of the molecule is C=C(C)ON(C)/N=C(COC)\N=C\Cl. The predicted octanol–water partition coefficient (Wildman–Crippen LogP) is 1.61. The zero-order valence-electron chi connectivity index (χ0n) is 8.53. The summed E-state index contributed by atoms with van der Waals surface area (Å²) in [5.74, 6) is 0.939. The zero-order chi connectivity index (χ0) is 11.0. The first-order chi connectivity index (χ1) is 6.60. The van der Waals surface area contributed by atoms with E-state index in [9.17, 15) is 0 Å². The van der Waals surface area contributed by atoms with Gasteiger partial charge in [-0.3, -0.25) is 0 Å². The third-order valence-electron chi connectivity index (χ3n) is 1.02. The molecule has 0 unspecified atom stereocenters. The number of rotatable bonds is 5. The molecule has 0 amide bonds. The van der Waals surface area contributed by atoms with E-state index in [0.29, 0.717) is 11.6 Å². The molecule has 5 nitrogen and oxygen atoms in total. The van der Waals surface area contributed by atoms with Crippen molar-refractivity contribution < 1.29 is 9.57 Å². The number of hydrogen-bond donors (Lipinski definition) is 0. The Morgan fingerprint density at radius 3 is 2.71 bits per heavy atom. The molecule has 0 spiro atoms. The number of methoxy groups -OCH3 is 1.